The Kier molecular flexibility index (Phi) is 3.95. The van der Waals surface area contributed by atoms with Gasteiger partial charge in [-0.25, -0.2) is 4.79 Å². The number of nitrogens with one attached hydrogen (secondary N) is 1. The predicted octanol–water partition coefficient (Wildman–Crippen LogP) is 1.67. The quantitative estimate of drug-likeness (QED) is 0.634. The molecule has 7 heteroatoms. The maximum atomic E-state index is 12.2. The third kappa shape index (κ3) is 2.81. The first-order chi connectivity index (χ1) is 10.4. The van der Waals surface area contributed by atoms with Gasteiger partial charge in [0.2, 0.25) is 0 Å². The monoisotopic (exact) mass is 296 g/mol. The molecule has 2 aromatic carbocycles. The topological polar surface area (TPSA) is 142 Å². The van der Waals surface area contributed by atoms with Gasteiger partial charge in [0.25, 0.3) is 5.91 Å². The van der Waals surface area contributed by atoms with E-state index < -0.39 is 11.9 Å². The molecule has 110 valence electrons. The van der Waals surface area contributed by atoms with E-state index in [1.807, 2.05) is 6.07 Å². The van der Waals surface area contributed by atoms with Crippen molar-refractivity contribution < 1.29 is 14.7 Å². The fourth-order valence-electron chi connectivity index (χ4n) is 1.84. The van der Waals surface area contributed by atoms with Crippen molar-refractivity contribution in [2.75, 3.05) is 16.8 Å². The summed E-state index contributed by atoms with van der Waals surface area (Å²) in [5, 5.41) is 20.5. The van der Waals surface area contributed by atoms with Gasteiger partial charge in [-0.15, -0.1) is 0 Å². The van der Waals surface area contributed by atoms with Gasteiger partial charge in [-0.2, -0.15) is 5.26 Å². The summed E-state index contributed by atoms with van der Waals surface area (Å²) < 4.78 is 0. The minimum atomic E-state index is -1.06. The number of benzene rings is 2. The SMILES string of the molecule is N#Cc1c(C(=O)Nc2ccc(C(=O)O)cc2)ccc(N)c1N. The van der Waals surface area contributed by atoms with Crippen LogP contribution >= 0.6 is 0 Å². The first-order valence-electron chi connectivity index (χ1n) is 6.16. The Labute approximate surface area is 125 Å². The highest BCUT2D eigenvalue weighted by atomic mass is 16.4. The van der Waals surface area contributed by atoms with Crippen LogP contribution in [-0.2, 0) is 0 Å². The second-order valence-electron chi connectivity index (χ2n) is 4.44. The fourth-order valence-corrected chi connectivity index (χ4v) is 1.84. The zero-order chi connectivity index (χ0) is 16.3. The van der Waals surface area contributed by atoms with Crippen LogP contribution in [0, 0.1) is 11.3 Å². The van der Waals surface area contributed by atoms with Gasteiger partial charge < -0.3 is 21.9 Å². The zero-order valence-corrected chi connectivity index (χ0v) is 11.3. The number of amides is 1. The third-order valence-electron chi connectivity index (χ3n) is 3.03. The lowest BCUT2D eigenvalue weighted by Crippen LogP contribution is -2.15. The Morgan fingerprint density at radius 2 is 1.73 bits per heavy atom. The molecular formula is C15H12N4O3. The molecule has 0 saturated heterocycles. The number of hydrogen-bond acceptors (Lipinski definition) is 5. The molecule has 0 atom stereocenters. The van der Waals surface area contributed by atoms with Gasteiger partial charge >= 0.3 is 5.97 Å². The van der Waals surface area contributed by atoms with Crippen molar-refractivity contribution in [1.82, 2.24) is 0 Å². The van der Waals surface area contributed by atoms with Gasteiger partial charge in [0.05, 0.1) is 28.1 Å². The lowest BCUT2D eigenvalue weighted by molar-refractivity contribution is 0.0696. The number of carboxylic acid groups (broad SMARTS) is 1. The second-order valence-corrected chi connectivity index (χ2v) is 4.44. The van der Waals surface area contributed by atoms with E-state index >= 15 is 0 Å². The van der Waals surface area contributed by atoms with Crippen molar-refractivity contribution in [2.24, 2.45) is 0 Å². The Morgan fingerprint density at radius 1 is 1.09 bits per heavy atom. The van der Waals surface area contributed by atoms with Gasteiger partial charge in [0, 0.05) is 5.69 Å². The summed E-state index contributed by atoms with van der Waals surface area (Å²) in [5.41, 5.74) is 12.2. The number of nitriles is 1. The first kappa shape index (κ1) is 14.9. The van der Waals surface area contributed by atoms with E-state index in [9.17, 15) is 9.59 Å². The number of rotatable bonds is 3. The first-order valence-corrected chi connectivity index (χ1v) is 6.16. The molecular weight excluding hydrogens is 284 g/mol. The summed E-state index contributed by atoms with van der Waals surface area (Å²) >= 11 is 0. The minimum Gasteiger partial charge on any atom is -0.478 e. The molecule has 1 amide bonds. The highest BCUT2D eigenvalue weighted by molar-refractivity contribution is 6.07. The highest BCUT2D eigenvalue weighted by Gasteiger charge is 2.16. The molecule has 0 saturated carbocycles. The molecule has 22 heavy (non-hydrogen) atoms. The summed E-state index contributed by atoms with van der Waals surface area (Å²) in [6.45, 7) is 0. The molecule has 0 aliphatic carbocycles. The van der Waals surface area contributed by atoms with Crippen LogP contribution in [0.1, 0.15) is 26.3 Å². The van der Waals surface area contributed by atoms with Crippen molar-refractivity contribution in [2.45, 2.75) is 0 Å². The summed E-state index contributed by atoms with van der Waals surface area (Å²) in [4.78, 5) is 23.0. The number of aromatic carboxylic acids is 1. The average Bonchev–Trinajstić information content (AvgIpc) is 2.50. The molecule has 0 spiro atoms. The number of nitrogens with zero attached hydrogens (tertiary/aromatic N) is 1. The van der Waals surface area contributed by atoms with Crippen LogP contribution in [0.3, 0.4) is 0 Å². The molecule has 2 rings (SSSR count). The number of anilines is 3. The largest absolute Gasteiger partial charge is 0.478 e. The smallest absolute Gasteiger partial charge is 0.335 e. The maximum Gasteiger partial charge on any atom is 0.335 e. The Bertz CT molecular complexity index is 792. The predicted molar refractivity (Wildman–Crippen MR) is 81.3 cm³/mol. The third-order valence-corrected chi connectivity index (χ3v) is 3.03. The minimum absolute atomic E-state index is 0.000318. The molecule has 0 bridgehead atoms. The van der Waals surface area contributed by atoms with Crippen molar-refractivity contribution in [3.8, 4) is 6.07 Å². The van der Waals surface area contributed by atoms with Crippen LogP contribution in [0.25, 0.3) is 0 Å². The van der Waals surface area contributed by atoms with Crippen LogP contribution in [-0.4, -0.2) is 17.0 Å². The van der Waals surface area contributed by atoms with Crippen LogP contribution in [0.4, 0.5) is 17.1 Å². The Balaban J connectivity index is 2.28. The van der Waals surface area contributed by atoms with Crippen LogP contribution in [0.5, 0.6) is 0 Å². The number of hydrogen-bond donors (Lipinski definition) is 4. The van der Waals surface area contributed by atoms with E-state index in [2.05, 4.69) is 5.32 Å². The molecule has 2 aromatic rings. The number of nitrogens with two attached hydrogens (primary N) is 2. The molecule has 0 fully saturated rings. The van der Waals surface area contributed by atoms with Crippen molar-refractivity contribution in [1.29, 1.82) is 5.26 Å². The lowest BCUT2D eigenvalue weighted by atomic mass is 10.0. The summed E-state index contributed by atoms with van der Waals surface area (Å²) in [7, 11) is 0. The van der Waals surface area contributed by atoms with E-state index in [1.165, 1.54) is 36.4 Å². The fraction of sp³-hybridized carbons (Fsp3) is 0. The van der Waals surface area contributed by atoms with Crippen molar-refractivity contribution in [3.05, 3.63) is 53.1 Å². The Morgan fingerprint density at radius 3 is 2.27 bits per heavy atom. The molecule has 0 aromatic heterocycles. The maximum absolute atomic E-state index is 12.2. The van der Waals surface area contributed by atoms with Gasteiger partial charge in [-0.3, -0.25) is 4.79 Å². The zero-order valence-electron chi connectivity index (χ0n) is 11.3. The normalized spacial score (nSPS) is 9.77. The van der Waals surface area contributed by atoms with E-state index in [-0.39, 0.29) is 28.1 Å². The number of nitrogen functional groups attached to an aromatic ring is 2. The van der Waals surface area contributed by atoms with Gasteiger partial charge in [0.15, 0.2) is 0 Å². The van der Waals surface area contributed by atoms with Crippen LogP contribution < -0.4 is 16.8 Å². The average molecular weight is 296 g/mol. The van der Waals surface area contributed by atoms with Crippen LogP contribution in [0.15, 0.2) is 36.4 Å². The van der Waals surface area contributed by atoms with Gasteiger partial charge in [-0.05, 0) is 36.4 Å². The van der Waals surface area contributed by atoms with Crippen molar-refractivity contribution >= 4 is 28.9 Å². The second kappa shape index (κ2) is 5.85. The van der Waals surface area contributed by atoms with E-state index in [1.54, 1.807) is 0 Å². The molecule has 0 unspecified atom stereocenters. The number of carboxylic acids is 1. The standard InChI is InChI=1S/C15H12N4O3/c16-7-11-10(5-6-12(17)13(11)18)14(20)19-9-3-1-8(2-4-9)15(21)22/h1-6H,17-18H2,(H,19,20)(H,21,22). The van der Waals surface area contributed by atoms with Crippen molar-refractivity contribution in [3.63, 3.8) is 0 Å². The molecule has 6 N–H and O–H groups in total. The van der Waals surface area contributed by atoms with Crippen LogP contribution in [0.2, 0.25) is 0 Å². The molecule has 0 heterocycles. The molecule has 0 aliphatic heterocycles. The molecule has 0 aliphatic rings. The highest BCUT2D eigenvalue weighted by Crippen LogP contribution is 2.24. The van der Waals surface area contributed by atoms with E-state index in [4.69, 9.17) is 21.8 Å². The van der Waals surface area contributed by atoms with Gasteiger partial charge in [0.1, 0.15) is 6.07 Å². The summed E-state index contributed by atoms with van der Waals surface area (Å²) in [6.07, 6.45) is 0. The number of carbonyl (C=O) groups is 2. The molecule has 7 nitrogen and oxygen atoms in total. The molecule has 0 radical (unpaired) electrons. The van der Waals surface area contributed by atoms with E-state index in [0.29, 0.717) is 5.69 Å². The van der Waals surface area contributed by atoms with E-state index in [0.717, 1.165) is 0 Å². The Hall–Kier alpha value is -3.53. The summed E-state index contributed by atoms with van der Waals surface area (Å²) in [6, 6.07) is 10.3. The number of carbonyl (C=O) groups excluding carboxylic acids is 1. The lowest BCUT2D eigenvalue weighted by Gasteiger charge is -2.10. The van der Waals surface area contributed by atoms with Gasteiger partial charge in [-0.1, -0.05) is 0 Å². The summed E-state index contributed by atoms with van der Waals surface area (Å²) in [5.74, 6) is -1.60.